The van der Waals surface area contributed by atoms with Gasteiger partial charge in [0.25, 0.3) is 0 Å². The van der Waals surface area contributed by atoms with E-state index in [1.54, 1.807) is 6.20 Å². The zero-order chi connectivity index (χ0) is 37.1. The summed E-state index contributed by atoms with van der Waals surface area (Å²) in [6.45, 7) is 0. The van der Waals surface area contributed by atoms with Crippen molar-refractivity contribution < 1.29 is 4.74 Å². The molecular formula is C48H25N7O. The highest BCUT2D eigenvalue weighted by molar-refractivity contribution is 6.12. The molecule has 5 aromatic heterocycles. The van der Waals surface area contributed by atoms with Gasteiger partial charge in [-0.25, -0.2) is 0 Å². The molecule has 12 rings (SSSR count). The van der Waals surface area contributed by atoms with Gasteiger partial charge in [-0.3, -0.25) is 15.0 Å². The second-order valence-electron chi connectivity index (χ2n) is 14.3. The average Bonchev–Trinajstić information content (AvgIpc) is 3.87. The van der Waals surface area contributed by atoms with E-state index in [1.807, 2.05) is 85.3 Å². The smallest absolute Gasteiger partial charge is 0.134 e. The first-order valence-corrected chi connectivity index (χ1v) is 18.3. The summed E-state index contributed by atoms with van der Waals surface area (Å²) in [6, 6.07) is 47.8. The van der Waals surface area contributed by atoms with Gasteiger partial charge in [-0.1, -0.05) is 36.4 Å². The monoisotopic (exact) mass is 715 g/mol. The number of rotatable bonds is 2. The summed E-state index contributed by atoms with van der Waals surface area (Å²) >= 11 is 0. The van der Waals surface area contributed by atoms with Gasteiger partial charge in [0.15, 0.2) is 0 Å². The van der Waals surface area contributed by atoms with E-state index in [-0.39, 0.29) is 0 Å². The van der Waals surface area contributed by atoms with Crippen LogP contribution in [0.25, 0.3) is 66.4 Å². The minimum Gasteiger partial charge on any atom is -0.457 e. The van der Waals surface area contributed by atoms with Crippen LogP contribution in [0.15, 0.2) is 152 Å². The van der Waals surface area contributed by atoms with E-state index in [0.29, 0.717) is 11.1 Å². The molecule has 0 radical (unpaired) electrons. The highest BCUT2D eigenvalue weighted by Gasteiger charge is 2.52. The Morgan fingerprint density at radius 2 is 1.05 bits per heavy atom. The Morgan fingerprint density at radius 3 is 1.77 bits per heavy atom. The van der Waals surface area contributed by atoms with Crippen LogP contribution < -0.4 is 4.74 Å². The van der Waals surface area contributed by atoms with E-state index in [1.165, 1.54) is 0 Å². The second kappa shape index (κ2) is 11.0. The largest absolute Gasteiger partial charge is 0.457 e. The molecular weight excluding hydrogens is 691 g/mol. The Kier molecular flexibility index (Phi) is 5.96. The zero-order valence-corrected chi connectivity index (χ0v) is 29.5. The minimum atomic E-state index is -0.668. The second-order valence-corrected chi connectivity index (χ2v) is 14.3. The summed E-state index contributed by atoms with van der Waals surface area (Å²) in [5.74, 6) is 1.54. The third kappa shape index (κ3) is 3.81. The predicted octanol–water partition coefficient (Wildman–Crippen LogP) is 10.3. The van der Waals surface area contributed by atoms with Crippen LogP contribution in [-0.2, 0) is 5.41 Å². The highest BCUT2D eigenvalue weighted by Crippen LogP contribution is 2.61. The van der Waals surface area contributed by atoms with Crippen molar-refractivity contribution in [3.8, 4) is 46.4 Å². The topological polar surface area (TPSA) is 105 Å². The fraction of sp³-hybridized carbons (Fsp3) is 0.0208. The number of pyridine rings is 3. The molecule has 0 fully saturated rings. The zero-order valence-electron chi connectivity index (χ0n) is 29.5. The van der Waals surface area contributed by atoms with Crippen LogP contribution in [0.4, 0.5) is 0 Å². The first-order valence-electron chi connectivity index (χ1n) is 18.3. The van der Waals surface area contributed by atoms with Crippen molar-refractivity contribution in [2.75, 3.05) is 0 Å². The summed E-state index contributed by atoms with van der Waals surface area (Å²) in [5, 5.41) is 23.7. The Morgan fingerprint density at radius 1 is 0.482 bits per heavy atom. The quantitative estimate of drug-likeness (QED) is 0.176. The van der Waals surface area contributed by atoms with E-state index >= 15 is 0 Å². The molecule has 8 heteroatoms. The molecule has 258 valence electrons. The Hall–Kier alpha value is -8.07. The molecule has 0 bridgehead atoms. The Bertz CT molecular complexity index is 3410. The van der Waals surface area contributed by atoms with Crippen LogP contribution in [0.2, 0.25) is 0 Å². The fourth-order valence-electron chi connectivity index (χ4n) is 9.41. The molecule has 0 amide bonds. The van der Waals surface area contributed by atoms with Gasteiger partial charge in [-0.2, -0.15) is 10.5 Å². The molecule has 8 nitrogen and oxygen atoms in total. The van der Waals surface area contributed by atoms with Gasteiger partial charge >= 0.3 is 0 Å². The fourth-order valence-corrected chi connectivity index (χ4v) is 9.41. The minimum absolute atomic E-state index is 0.583. The van der Waals surface area contributed by atoms with Crippen LogP contribution in [0.3, 0.4) is 0 Å². The molecule has 5 aromatic carbocycles. The number of aromatic nitrogens is 5. The standard InChI is InChI=1S/C48H25N7O/c49-25-28-9-14-40-33(21-28)32-17-20-51-27-43(32)55(40)30-12-16-42-35(23-30)34-22-29(26-50)10-15-41(34)54(42)31-11-13-37-45(24-31)56-44-8-2-1-5-36(44)48(37)38-6-3-18-52-46(38)47-39(48)7-4-19-53-47/h1-24,27H. The maximum Gasteiger partial charge on any atom is 0.134 e. The number of nitriles is 2. The van der Waals surface area contributed by atoms with Gasteiger partial charge in [0, 0.05) is 68.7 Å². The van der Waals surface area contributed by atoms with E-state index < -0.39 is 5.41 Å². The number of nitrogens with zero attached hydrogens (tertiary/aromatic N) is 7. The number of ether oxygens (including phenoxy) is 1. The molecule has 10 aromatic rings. The third-order valence-electron chi connectivity index (χ3n) is 11.6. The lowest BCUT2D eigenvalue weighted by Gasteiger charge is -2.39. The van der Waals surface area contributed by atoms with Crippen molar-refractivity contribution in [2.24, 2.45) is 0 Å². The van der Waals surface area contributed by atoms with E-state index in [0.717, 1.165) is 100 Å². The number of para-hydroxylation sites is 1. The lowest BCUT2D eigenvalue weighted by molar-refractivity contribution is 0.436. The predicted molar refractivity (Wildman–Crippen MR) is 215 cm³/mol. The summed E-state index contributed by atoms with van der Waals surface area (Å²) in [4.78, 5) is 14.2. The van der Waals surface area contributed by atoms with Crippen molar-refractivity contribution in [2.45, 2.75) is 5.41 Å². The van der Waals surface area contributed by atoms with E-state index in [9.17, 15) is 10.5 Å². The molecule has 0 atom stereocenters. The number of hydrogen-bond acceptors (Lipinski definition) is 6. The summed E-state index contributed by atoms with van der Waals surface area (Å²) in [6.07, 6.45) is 7.32. The Labute approximate surface area is 319 Å². The highest BCUT2D eigenvalue weighted by atomic mass is 16.5. The number of fused-ring (bicyclic) bond motifs is 15. The van der Waals surface area contributed by atoms with Crippen molar-refractivity contribution in [3.63, 3.8) is 0 Å². The van der Waals surface area contributed by atoms with Crippen LogP contribution in [0.1, 0.15) is 33.4 Å². The molecule has 2 aliphatic rings. The van der Waals surface area contributed by atoms with Gasteiger partial charge < -0.3 is 13.9 Å². The summed E-state index contributed by atoms with van der Waals surface area (Å²) < 4.78 is 11.3. The van der Waals surface area contributed by atoms with Crippen molar-refractivity contribution >= 4 is 43.6 Å². The maximum atomic E-state index is 10.0. The molecule has 0 unspecified atom stereocenters. The molecule has 1 aliphatic heterocycles. The average molecular weight is 716 g/mol. The van der Waals surface area contributed by atoms with Crippen molar-refractivity contribution in [3.05, 3.63) is 186 Å². The first kappa shape index (κ1) is 30.4. The molecule has 56 heavy (non-hydrogen) atoms. The summed E-state index contributed by atoms with van der Waals surface area (Å²) in [7, 11) is 0. The molecule has 1 aliphatic carbocycles. The van der Waals surface area contributed by atoms with Crippen LogP contribution >= 0.6 is 0 Å². The number of benzene rings is 5. The molecule has 0 saturated carbocycles. The molecule has 6 heterocycles. The van der Waals surface area contributed by atoms with Crippen molar-refractivity contribution in [1.82, 2.24) is 24.1 Å². The van der Waals surface area contributed by atoms with Gasteiger partial charge in [0.05, 0.1) is 68.3 Å². The number of hydrogen-bond donors (Lipinski definition) is 0. The lowest BCUT2D eigenvalue weighted by atomic mass is 9.66. The van der Waals surface area contributed by atoms with E-state index in [2.05, 4.69) is 86.9 Å². The molecule has 0 saturated heterocycles. The van der Waals surface area contributed by atoms with E-state index in [4.69, 9.17) is 14.7 Å². The Balaban J connectivity index is 1.11. The first-order chi connectivity index (χ1) is 27.7. The van der Waals surface area contributed by atoms with Crippen molar-refractivity contribution in [1.29, 1.82) is 10.5 Å². The SMILES string of the molecule is N#Cc1ccc2c(c1)c1cc(-n3c4ccc(C#N)cc4c4ccncc43)ccc1n2-c1ccc2c(c1)Oc1ccccc1C21c2cccnc2-c2ncccc21. The van der Waals surface area contributed by atoms with Crippen LogP contribution in [-0.4, -0.2) is 24.1 Å². The van der Waals surface area contributed by atoms with Crippen LogP contribution in [0.5, 0.6) is 11.5 Å². The molecule has 1 spiro atoms. The lowest BCUT2D eigenvalue weighted by Crippen LogP contribution is -2.32. The van der Waals surface area contributed by atoms with Gasteiger partial charge in [0.2, 0.25) is 0 Å². The molecule has 0 N–H and O–H groups in total. The van der Waals surface area contributed by atoms with Crippen LogP contribution in [0, 0.1) is 22.7 Å². The van der Waals surface area contributed by atoms with Gasteiger partial charge in [-0.15, -0.1) is 0 Å². The summed E-state index contributed by atoms with van der Waals surface area (Å²) in [5.41, 5.74) is 12.3. The maximum absolute atomic E-state index is 10.0. The van der Waals surface area contributed by atoms with Gasteiger partial charge in [0.1, 0.15) is 11.5 Å². The van der Waals surface area contributed by atoms with Gasteiger partial charge in [-0.05, 0) is 96.1 Å². The normalized spacial score (nSPS) is 13.2. The third-order valence-corrected chi connectivity index (χ3v) is 11.6.